The zero-order chi connectivity index (χ0) is 5.86. The minimum Gasteiger partial charge on any atom is -0.432 e. The normalized spacial score (nSPS) is 9.14. The lowest BCUT2D eigenvalue weighted by Crippen LogP contribution is -2.01. The van der Waals surface area contributed by atoms with Gasteiger partial charge in [-0.1, -0.05) is 23.2 Å². The predicted octanol–water partition coefficient (Wildman–Crippen LogP) is 1.31. The maximum atomic E-state index is 9.86. The first-order valence-corrected chi connectivity index (χ1v) is 2.45. The van der Waals surface area contributed by atoms with Crippen molar-refractivity contribution in [3.8, 4) is 0 Å². The Morgan fingerprint density at radius 3 is 2.14 bits per heavy atom. The number of esters is 1. The number of hydrogen-bond donors (Lipinski definition) is 0. The maximum absolute atomic E-state index is 9.86. The fraction of sp³-hybridized carbons (Fsp3) is 0.667. The summed E-state index contributed by atoms with van der Waals surface area (Å²) >= 11 is 9.99. The third kappa shape index (κ3) is 6.05. The van der Waals surface area contributed by atoms with Crippen LogP contribution in [-0.4, -0.2) is 11.0 Å². The molecule has 7 heavy (non-hydrogen) atoms. The van der Waals surface area contributed by atoms with Crippen LogP contribution in [0.5, 0.6) is 0 Å². The third-order valence-corrected chi connectivity index (χ3v) is 0.433. The lowest BCUT2D eigenvalue weighted by molar-refractivity contribution is -0.140. The van der Waals surface area contributed by atoms with Crippen molar-refractivity contribution in [2.75, 3.05) is 0 Å². The van der Waals surface area contributed by atoms with Gasteiger partial charge in [-0.2, -0.15) is 0 Å². The number of ether oxygens (including phenoxy) is 1. The summed E-state index contributed by atoms with van der Waals surface area (Å²) in [6.07, 6.45) is 0. The molecule has 0 fully saturated rings. The number of hydrogen-bond acceptors (Lipinski definition) is 2. The average Bonchev–Trinajstić information content (AvgIpc) is 1.27. The van der Waals surface area contributed by atoms with E-state index in [1.54, 1.807) is 0 Å². The van der Waals surface area contributed by atoms with Gasteiger partial charge in [0, 0.05) is 6.92 Å². The summed E-state index contributed by atoms with van der Waals surface area (Å²) in [6, 6.07) is 0. The van der Waals surface area contributed by atoms with Crippen LogP contribution in [0.15, 0.2) is 0 Å². The molecule has 0 rings (SSSR count). The van der Waals surface area contributed by atoms with Gasteiger partial charge in [-0.3, -0.25) is 4.79 Å². The second kappa shape index (κ2) is 3.10. The standard InChI is InChI=1S/C3H4Cl2O2/c1-2(6)7-3(4)5/h3H,1H3. The van der Waals surface area contributed by atoms with Crippen molar-refractivity contribution in [2.24, 2.45) is 0 Å². The van der Waals surface area contributed by atoms with Gasteiger partial charge in [-0.25, -0.2) is 0 Å². The molecule has 0 saturated carbocycles. The van der Waals surface area contributed by atoms with Crippen molar-refractivity contribution in [3.63, 3.8) is 0 Å². The Hall–Kier alpha value is 0.0500. The molecule has 0 aliphatic carbocycles. The van der Waals surface area contributed by atoms with Crippen LogP contribution in [0.3, 0.4) is 0 Å². The van der Waals surface area contributed by atoms with Gasteiger partial charge in [-0.15, -0.1) is 0 Å². The Labute approximate surface area is 51.4 Å². The molecule has 0 saturated heterocycles. The van der Waals surface area contributed by atoms with Crippen molar-refractivity contribution in [3.05, 3.63) is 0 Å². The van der Waals surface area contributed by atoms with E-state index < -0.39 is 11.0 Å². The first-order chi connectivity index (χ1) is 3.13. The zero-order valence-corrected chi connectivity index (χ0v) is 5.16. The molecular formula is C3H4Cl2O2. The van der Waals surface area contributed by atoms with Crippen molar-refractivity contribution < 1.29 is 9.53 Å². The van der Waals surface area contributed by atoms with E-state index in [-0.39, 0.29) is 0 Å². The lowest BCUT2D eigenvalue weighted by atomic mass is 10.8. The second-order valence-corrected chi connectivity index (χ2v) is 1.89. The Morgan fingerprint density at radius 2 is 2.14 bits per heavy atom. The molecule has 0 aliphatic rings. The quantitative estimate of drug-likeness (QED) is 0.408. The number of halogens is 2. The highest BCUT2D eigenvalue weighted by atomic mass is 35.5. The molecular weight excluding hydrogens is 139 g/mol. The molecule has 0 aromatic carbocycles. The van der Waals surface area contributed by atoms with Gasteiger partial charge in [-0.05, 0) is 0 Å². The average molecular weight is 143 g/mol. The van der Waals surface area contributed by atoms with Gasteiger partial charge in [0.25, 0.3) is 5.02 Å². The molecule has 0 spiro atoms. The van der Waals surface area contributed by atoms with Gasteiger partial charge >= 0.3 is 5.97 Å². The van der Waals surface area contributed by atoms with Gasteiger partial charge in [0.2, 0.25) is 0 Å². The van der Waals surface area contributed by atoms with E-state index >= 15 is 0 Å². The molecule has 0 bridgehead atoms. The Bertz CT molecular complexity index is 71.3. The zero-order valence-electron chi connectivity index (χ0n) is 3.65. The van der Waals surface area contributed by atoms with E-state index in [0.29, 0.717) is 0 Å². The molecule has 0 atom stereocenters. The minimum absolute atomic E-state index is 0.477. The van der Waals surface area contributed by atoms with Gasteiger partial charge in [0.05, 0.1) is 0 Å². The van der Waals surface area contributed by atoms with E-state index in [2.05, 4.69) is 4.74 Å². The monoisotopic (exact) mass is 142 g/mol. The Balaban J connectivity index is 3.13. The molecule has 0 aromatic heterocycles. The number of carbonyl (C=O) groups excluding carboxylic acids is 1. The molecule has 0 aromatic rings. The van der Waals surface area contributed by atoms with Crippen LogP contribution < -0.4 is 0 Å². The van der Waals surface area contributed by atoms with E-state index in [9.17, 15) is 4.79 Å². The number of rotatable bonds is 1. The Kier molecular flexibility index (Phi) is 3.13. The molecule has 0 aliphatic heterocycles. The highest BCUT2D eigenvalue weighted by molar-refractivity contribution is 6.43. The van der Waals surface area contributed by atoms with E-state index in [1.807, 2.05) is 0 Å². The fourth-order valence-electron chi connectivity index (χ4n) is 0.125. The maximum Gasteiger partial charge on any atom is 0.305 e. The summed E-state index contributed by atoms with van der Waals surface area (Å²) in [4.78, 5) is 9.86. The smallest absolute Gasteiger partial charge is 0.305 e. The first-order valence-electron chi connectivity index (χ1n) is 1.58. The second-order valence-electron chi connectivity index (χ2n) is 0.870. The summed E-state index contributed by atoms with van der Waals surface area (Å²) in [5.74, 6) is -0.477. The van der Waals surface area contributed by atoms with E-state index in [1.165, 1.54) is 6.92 Å². The summed E-state index contributed by atoms with van der Waals surface area (Å²) in [5, 5.41) is -1.03. The molecule has 0 radical (unpaired) electrons. The van der Waals surface area contributed by atoms with Crippen LogP contribution in [0.25, 0.3) is 0 Å². The summed E-state index contributed by atoms with van der Waals surface area (Å²) in [6.45, 7) is 1.23. The van der Waals surface area contributed by atoms with Crippen molar-refractivity contribution in [1.82, 2.24) is 0 Å². The van der Waals surface area contributed by atoms with E-state index in [4.69, 9.17) is 23.2 Å². The van der Waals surface area contributed by atoms with Gasteiger partial charge in [0.15, 0.2) is 0 Å². The summed E-state index contributed by atoms with van der Waals surface area (Å²) < 4.78 is 4.14. The number of carbonyl (C=O) groups is 1. The van der Waals surface area contributed by atoms with Gasteiger partial charge < -0.3 is 4.74 Å². The van der Waals surface area contributed by atoms with Crippen LogP contribution in [0.2, 0.25) is 0 Å². The van der Waals surface area contributed by atoms with Crippen LogP contribution >= 0.6 is 23.2 Å². The molecule has 4 heteroatoms. The lowest BCUT2D eigenvalue weighted by Gasteiger charge is -1.96. The molecule has 42 valence electrons. The predicted molar refractivity (Wildman–Crippen MR) is 27.3 cm³/mol. The summed E-state index contributed by atoms with van der Waals surface area (Å²) in [7, 11) is 0. The largest absolute Gasteiger partial charge is 0.432 e. The topological polar surface area (TPSA) is 26.3 Å². The first kappa shape index (κ1) is 7.05. The highest BCUT2D eigenvalue weighted by Crippen LogP contribution is 2.01. The van der Waals surface area contributed by atoms with Crippen molar-refractivity contribution >= 4 is 29.2 Å². The van der Waals surface area contributed by atoms with Crippen LogP contribution in [0.1, 0.15) is 6.92 Å². The fourth-order valence-corrected chi connectivity index (χ4v) is 0.376. The van der Waals surface area contributed by atoms with Crippen molar-refractivity contribution in [1.29, 1.82) is 0 Å². The minimum atomic E-state index is -1.03. The van der Waals surface area contributed by atoms with Crippen LogP contribution in [0, 0.1) is 0 Å². The van der Waals surface area contributed by atoms with Gasteiger partial charge in [0.1, 0.15) is 0 Å². The molecule has 0 unspecified atom stereocenters. The molecule has 2 nitrogen and oxygen atoms in total. The van der Waals surface area contributed by atoms with Crippen molar-refractivity contribution in [2.45, 2.75) is 11.9 Å². The molecule has 0 N–H and O–H groups in total. The molecule has 0 heterocycles. The number of alkyl halides is 2. The van der Waals surface area contributed by atoms with E-state index in [0.717, 1.165) is 0 Å². The highest BCUT2D eigenvalue weighted by Gasteiger charge is 1.98. The Morgan fingerprint density at radius 1 is 1.71 bits per heavy atom. The van der Waals surface area contributed by atoms with Crippen LogP contribution in [-0.2, 0) is 9.53 Å². The summed E-state index contributed by atoms with van der Waals surface area (Å²) in [5.41, 5.74) is 0. The SMILES string of the molecule is CC(=O)OC(Cl)Cl. The third-order valence-electron chi connectivity index (χ3n) is 0.255. The van der Waals surface area contributed by atoms with Crippen LogP contribution in [0.4, 0.5) is 0 Å². The molecule has 0 amide bonds.